The Labute approximate surface area is 524 Å². The van der Waals surface area contributed by atoms with Crippen LogP contribution >= 0.6 is 7.82 Å². The van der Waals surface area contributed by atoms with Crippen LogP contribution < -0.4 is 0 Å². The third-order valence-electron chi connectivity index (χ3n) is 17.3. The molecule has 0 heterocycles. The van der Waals surface area contributed by atoms with Gasteiger partial charge in [0, 0.05) is 12.8 Å². The van der Waals surface area contributed by atoms with E-state index in [9.17, 15) is 19.0 Å². The van der Waals surface area contributed by atoms with Crippen molar-refractivity contribution >= 4 is 19.8 Å². The minimum atomic E-state index is -4.39. The normalized spacial score (nSPS) is 13.1. The number of phosphoric acid groups is 1. The van der Waals surface area contributed by atoms with Crippen molar-refractivity contribution in [2.45, 2.75) is 405 Å². The van der Waals surface area contributed by atoms with Crippen molar-refractivity contribution in [3.8, 4) is 0 Å². The molecule has 0 aliphatic heterocycles. The van der Waals surface area contributed by atoms with Gasteiger partial charge in [0.05, 0.1) is 27.7 Å². The molecule has 84 heavy (non-hydrogen) atoms. The Kier molecular flexibility index (Phi) is 65.2. The first kappa shape index (κ1) is 82.8. The highest BCUT2D eigenvalue weighted by Gasteiger charge is 2.27. The molecule has 0 aromatic heterocycles. The highest BCUT2D eigenvalue weighted by atomic mass is 31.2. The Bertz CT molecular complexity index is 1420. The number of unbranched alkanes of at least 4 members (excludes halogenated alkanes) is 55. The second-order valence-electron chi connectivity index (χ2n) is 27.0. The molecular formula is C74H147NO8P+. The fourth-order valence-corrected chi connectivity index (χ4v) is 12.3. The molecule has 10 heteroatoms. The summed E-state index contributed by atoms with van der Waals surface area (Å²) < 4.78 is 34.8. The molecule has 0 saturated heterocycles. The summed E-state index contributed by atoms with van der Waals surface area (Å²) in [5.74, 6) is -0.771. The molecule has 0 fully saturated rings. The van der Waals surface area contributed by atoms with Gasteiger partial charge in [0.2, 0.25) is 0 Å². The summed E-state index contributed by atoms with van der Waals surface area (Å²) >= 11 is 0. The van der Waals surface area contributed by atoms with E-state index in [0.29, 0.717) is 23.9 Å². The first-order valence-corrected chi connectivity index (χ1v) is 38.9. The molecule has 500 valence electrons. The van der Waals surface area contributed by atoms with Crippen LogP contribution in [-0.2, 0) is 32.7 Å². The van der Waals surface area contributed by atoms with Crippen LogP contribution in [0.1, 0.15) is 399 Å². The van der Waals surface area contributed by atoms with E-state index in [1.807, 2.05) is 21.1 Å². The number of carbonyl (C=O) groups is 2. The number of phosphoric ester groups is 1. The summed E-state index contributed by atoms with van der Waals surface area (Å²) in [5.41, 5.74) is 0. The maximum absolute atomic E-state index is 12.9. The molecule has 0 aromatic carbocycles. The summed E-state index contributed by atoms with van der Waals surface area (Å²) in [6.45, 7) is 4.52. The molecule has 0 aromatic rings. The van der Waals surface area contributed by atoms with Gasteiger partial charge in [-0.3, -0.25) is 18.6 Å². The molecule has 0 aliphatic rings. The van der Waals surface area contributed by atoms with Crippen molar-refractivity contribution in [1.82, 2.24) is 0 Å². The van der Waals surface area contributed by atoms with Crippen molar-refractivity contribution in [3.05, 3.63) is 12.2 Å². The Morgan fingerprint density at radius 2 is 0.607 bits per heavy atom. The Hall–Kier alpha value is -1.25. The third kappa shape index (κ3) is 69.8. The minimum Gasteiger partial charge on any atom is -0.462 e. The van der Waals surface area contributed by atoms with Gasteiger partial charge in [0.25, 0.3) is 0 Å². The molecule has 0 rings (SSSR count). The highest BCUT2D eigenvalue weighted by Crippen LogP contribution is 2.43. The zero-order valence-corrected chi connectivity index (χ0v) is 58.1. The number of carbonyl (C=O) groups excluding carboxylic acids is 2. The number of hydrogen-bond acceptors (Lipinski definition) is 7. The number of esters is 2. The summed E-state index contributed by atoms with van der Waals surface area (Å²) in [4.78, 5) is 35.9. The van der Waals surface area contributed by atoms with Crippen molar-refractivity contribution in [1.29, 1.82) is 0 Å². The largest absolute Gasteiger partial charge is 0.472 e. The fraction of sp³-hybridized carbons (Fsp3) is 0.946. The highest BCUT2D eigenvalue weighted by molar-refractivity contribution is 7.47. The van der Waals surface area contributed by atoms with Gasteiger partial charge in [-0.1, -0.05) is 360 Å². The number of nitrogens with zero attached hydrogens (tertiary/aromatic N) is 1. The summed E-state index contributed by atoms with van der Waals surface area (Å²) in [6.07, 6.45) is 82.0. The van der Waals surface area contributed by atoms with Gasteiger partial charge in [-0.05, 0) is 38.5 Å². The van der Waals surface area contributed by atoms with Crippen LogP contribution in [0.5, 0.6) is 0 Å². The second kappa shape index (κ2) is 66.2. The van der Waals surface area contributed by atoms with Crippen LogP contribution in [0.2, 0.25) is 0 Å². The van der Waals surface area contributed by atoms with E-state index in [-0.39, 0.29) is 25.6 Å². The quantitative estimate of drug-likeness (QED) is 0.0211. The predicted molar refractivity (Wildman–Crippen MR) is 363 cm³/mol. The summed E-state index contributed by atoms with van der Waals surface area (Å²) in [5, 5.41) is 0. The topological polar surface area (TPSA) is 108 Å². The lowest BCUT2D eigenvalue weighted by Crippen LogP contribution is -2.37. The van der Waals surface area contributed by atoms with Gasteiger partial charge in [-0.25, -0.2) is 4.57 Å². The standard InChI is InChI=1S/C74H146NO8P/c1-6-8-10-12-14-16-18-20-22-24-26-28-30-32-33-34-35-36-37-38-39-40-41-43-44-46-48-50-52-54-56-58-60-62-64-66-73(76)80-70-72(71-82-84(78,79)81-69-68-75(3,4)5)83-74(77)67-65-63-61-59-57-55-53-51-49-47-45-42-31-29-27-25-23-21-19-17-15-13-11-9-7-2/h25,27,72H,6-24,26,28-71H2,1-5H3/p+1/b27-25-. The second-order valence-corrected chi connectivity index (χ2v) is 28.5. The van der Waals surface area contributed by atoms with E-state index in [4.69, 9.17) is 18.5 Å². The lowest BCUT2D eigenvalue weighted by molar-refractivity contribution is -0.870. The third-order valence-corrected chi connectivity index (χ3v) is 18.3. The maximum atomic E-state index is 12.9. The Balaban J connectivity index is 3.92. The van der Waals surface area contributed by atoms with Crippen molar-refractivity contribution in [2.75, 3.05) is 47.5 Å². The van der Waals surface area contributed by atoms with Crippen LogP contribution in [0.15, 0.2) is 12.2 Å². The number of rotatable bonds is 71. The van der Waals surface area contributed by atoms with Crippen LogP contribution in [0.25, 0.3) is 0 Å². The smallest absolute Gasteiger partial charge is 0.462 e. The van der Waals surface area contributed by atoms with E-state index in [1.54, 1.807) is 0 Å². The van der Waals surface area contributed by atoms with Gasteiger partial charge in [0.1, 0.15) is 19.8 Å². The van der Waals surface area contributed by atoms with Crippen LogP contribution in [0.4, 0.5) is 0 Å². The lowest BCUT2D eigenvalue weighted by atomic mass is 10.0. The SMILES string of the molecule is CCCCCCCCCC/C=C\CCCCCCCCCCCCCCCC(=O)OC(COC(=O)CCCCCCCCCCCCCCCCCCCCCCCCCCCCCCCCCCCCC)COP(=O)(O)OCC[N+](C)(C)C. The molecule has 0 bridgehead atoms. The first-order chi connectivity index (χ1) is 41.0. The van der Waals surface area contributed by atoms with Crippen LogP contribution in [-0.4, -0.2) is 74.9 Å². The molecule has 9 nitrogen and oxygen atoms in total. The van der Waals surface area contributed by atoms with Gasteiger partial charge in [-0.15, -0.1) is 0 Å². The van der Waals surface area contributed by atoms with Gasteiger partial charge < -0.3 is 18.9 Å². The monoisotopic (exact) mass is 1210 g/mol. The Morgan fingerprint density at radius 3 is 0.881 bits per heavy atom. The lowest BCUT2D eigenvalue weighted by Gasteiger charge is -2.24. The molecular weight excluding hydrogens is 1060 g/mol. The zero-order chi connectivity index (χ0) is 61.2. The van der Waals surface area contributed by atoms with Gasteiger partial charge in [-0.2, -0.15) is 0 Å². The fourth-order valence-electron chi connectivity index (χ4n) is 11.5. The number of allylic oxidation sites excluding steroid dienone is 2. The molecule has 2 unspecified atom stereocenters. The van der Waals surface area contributed by atoms with Crippen LogP contribution in [0.3, 0.4) is 0 Å². The average Bonchev–Trinajstić information content (AvgIpc) is 3.60. The number of ether oxygens (including phenoxy) is 2. The molecule has 0 aliphatic carbocycles. The van der Waals surface area contributed by atoms with Crippen molar-refractivity contribution in [3.63, 3.8) is 0 Å². The molecule has 0 amide bonds. The van der Waals surface area contributed by atoms with Crippen molar-refractivity contribution in [2.24, 2.45) is 0 Å². The van der Waals surface area contributed by atoms with Crippen molar-refractivity contribution < 1.29 is 42.1 Å². The molecule has 0 saturated carbocycles. The van der Waals surface area contributed by atoms with E-state index >= 15 is 0 Å². The van der Waals surface area contributed by atoms with E-state index in [1.165, 1.54) is 334 Å². The van der Waals surface area contributed by atoms with E-state index < -0.39 is 26.5 Å². The number of hydrogen-bond donors (Lipinski definition) is 1. The molecule has 1 N–H and O–H groups in total. The van der Waals surface area contributed by atoms with E-state index in [0.717, 1.165) is 32.1 Å². The summed E-state index contributed by atoms with van der Waals surface area (Å²) in [7, 11) is 1.50. The average molecular weight is 1210 g/mol. The van der Waals surface area contributed by atoms with Gasteiger partial charge >= 0.3 is 19.8 Å². The maximum Gasteiger partial charge on any atom is 0.472 e. The minimum absolute atomic E-state index is 0.0361. The summed E-state index contributed by atoms with van der Waals surface area (Å²) in [6, 6.07) is 0. The van der Waals surface area contributed by atoms with Gasteiger partial charge in [0.15, 0.2) is 6.10 Å². The van der Waals surface area contributed by atoms with Crippen LogP contribution in [0, 0.1) is 0 Å². The molecule has 2 atom stereocenters. The predicted octanol–water partition coefficient (Wildman–Crippen LogP) is 24.3. The Morgan fingerprint density at radius 1 is 0.357 bits per heavy atom. The zero-order valence-electron chi connectivity index (χ0n) is 57.2. The number of likely N-dealkylation sites (N-methyl/N-ethyl adjacent to an activating group) is 1. The van der Waals surface area contributed by atoms with E-state index in [2.05, 4.69) is 26.0 Å². The molecule has 0 radical (unpaired) electrons. The first-order valence-electron chi connectivity index (χ1n) is 37.4. The number of quaternary nitrogens is 1. The molecule has 0 spiro atoms.